The molecule has 0 N–H and O–H groups in total. The molecule has 0 spiro atoms. The molecule has 1 unspecified atom stereocenters. The van der Waals surface area contributed by atoms with Crippen molar-refractivity contribution in [1.82, 2.24) is 4.90 Å². The van der Waals surface area contributed by atoms with E-state index in [1.807, 2.05) is 6.92 Å². The Kier molecular flexibility index (Phi) is 5.17. The second kappa shape index (κ2) is 5.71. The normalized spacial score (nSPS) is 11.7. The highest BCUT2D eigenvalue weighted by Crippen LogP contribution is 2.01. The number of carbonyl (C=O) groups is 1. The van der Waals surface area contributed by atoms with Gasteiger partial charge in [0.25, 0.3) is 0 Å². The minimum absolute atomic E-state index is 0.144. The first-order valence-corrected chi connectivity index (χ1v) is 3.74. The van der Waals surface area contributed by atoms with Crippen molar-refractivity contribution in [2.45, 2.75) is 19.4 Å². The van der Waals surface area contributed by atoms with Gasteiger partial charge in [0, 0.05) is 12.6 Å². The van der Waals surface area contributed by atoms with E-state index in [4.69, 9.17) is 0 Å². The van der Waals surface area contributed by atoms with Crippen LogP contribution in [0.25, 0.3) is 0 Å². The topological polar surface area (TPSA) is 20.3 Å². The van der Waals surface area contributed by atoms with Crippen molar-refractivity contribution in [3.05, 3.63) is 25.3 Å². The van der Waals surface area contributed by atoms with E-state index >= 15 is 0 Å². The van der Waals surface area contributed by atoms with Crippen LogP contribution in [-0.4, -0.2) is 23.9 Å². The Labute approximate surface area is 68.2 Å². The molecule has 0 aliphatic rings. The summed E-state index contributed by atoms with van der Waals surface area (Å²) in [5.74, 6) is 0. The minimum Gasteiger partial charge on any atom is -0.335 e. The molecule has 2 heteroatoms. The standard InChI is InChI=1S/C9H15NO/c1-4-7-10(8-11)9(5-2)6-3/h4-5,8-9H,1-2,6-7H2,3H3. The van der Waals surface area contributed by atoms with Crippen LogP contribution < -0.4 is 0 Å². The molecule has 1 amide bonds. The lowest BCUT2D eigenvalue weighted by atomic mass is 10.2. The number of nitrogens with zero attached hydrogens (tertiary/aromatic N) is 1. The predicted molar refractivity (Wildman–Crippen MR) is 47.2 cm³/mol. The third-order valence-electron chi connectivity index (χ3n) is 1.59. The number of rotatable bonds is 6. The molecule has 0 saturated carbocycles. The molecule has 0 aliphatic heterocycles. The average Bonchev–Trinajstić information content (AvgIpc) is 2.05. The third kappa shape index (κ3) is 3.03. The largest absolute Gasteiger partial charge is 0.335 e. The van der Waals surface area contributed by atoms with E-state index in [0.29, 0.717) is 6.54 Å². The zero-order valence-electron chi connectivity index (χ0n) is 6.99. The zero-order valence-corrected chi connectivity index (χ0v) is 6.99. The molecule has 0 heterocycles. The van der Waals surface area contributed by atoms with E-state index in [1.165, 1.54) is 0 Å². The molecule has 0 aromatic heterocycles. The van der Waals surface area contributed by atoms with E-state index < -0.39 is 0 Å². The van der Waals surface area contributed by atoms with Crippen LogP contribution in [0.2, 0.25) is 0 Å². The summed E-state index contributed by atoms with van der Waals surface area (Å²) in [6.07, 6.45) is 5.21. The maximum Gasteiger partial charge on any atom is 0.210 e. The van der Waals surface area contributed by atoms with E-state index in [0.717, 1.165) is 12.8 Å². The van der Waals surface area contributed by atoms with Gasteiger partial charge in [0.15, 0.2) is 0 Å². The molecule has 62 valence electrons. The number of amides is 1. The lowest BCUT2D eigenvalue weighted by Crippen LogP contribution is -2.31. The summed E-state index contributed by atoms with van der Waals surface area (Å²) < 4.78 is 0. The molecule has 0 saturated heterocycles. The molecule has 0 fully saturated rings. The van der Waals surface area contributed by atoms with Gasteiger partial charge in [-0.05, 0) is 6.42 Å². The number of hydrogen-bond acceptors (Lipinski definition) is 1. The highest BCUT2D eigenvalue weighted by Gasteiger charge is 2.07. The van der Waals surface area contributed by atoms with Crippen LogP contribution in [0, 0.1) is 0 Å². The molecule has 0 bridgehead atoms. The fraction of sp³-hybridized carbons (Fsp3) is 0.444. The summed E-state index contributed by atoms with van der Waals surface area (Å²) in [5.41, 5.74) is 0. The van der Waals surface area contributed by atoms with Crippen molar-refractivity contribution in [1.29, 1.82) is 0 Å². The van der Waals surface area contributed by atoms with Gasteiger partial charge in [-0.1, -0.05) is 19.1 Å². The Morgan fingerprint density at radius 2 is 2.18 bits per heavy atom. The van der Waals surface area contributed by atoms with Crippen molar-refractivity contribution in [2.75, 3.05) is 6.54 Å². The highest BCUT2D eigenvalue weighted by molar-refractivity contribution is 5.48. The van der Waals surface area contributed by atoms with Crippen LogP contribution in [0.15, 0.2) is 25.3 Å². The lowest BCUT2D eigenvalue weighted by molar-refractivity contribution is -0.118. The summed E-state index contributed by atoms with van der Waals surface area (Å²) in [7, 11) is 0. The van der Waals surface area contributed by atoms with Gasteiger partial charge in [0.05, 0.1) is 0 Å². The molecule has 0 aliphatic carbocycles. The maximum absolute atomic E-state index is 10.5. The first kappa shape index (κ1) is 9.95. The Hall–Kier alpha value is -1.05. The monoisotopic (exact) mass is 153 g/mol. The van der Waals surface area contributed by atoms with Gasteiger partial charge in [-0.2, -0.15) is 0 Å². The lowest BCUT2D eigenvalue weighted by Gasteiger charge is -2.22. The Bertz CT molecular complexity index is 142. The fourth-order valence-corrected chi connectivity index (χ4v) is 0.942. The fourth-order valence-electron chi connectivity index (χ4n) is 0.942. The first-order chi connectivity index (χ1) is 5.29. The van der Waals surface area contributed by atoms with E-state index in [-0.39, 0.29) is 6.04 Å². The summed E-state index contributed by atoms with van der Waals surface area (Å²) in [6.45, 7) is 9.82. The molecule has 2 nitrogen and oxygen atoms in total. The van der Waals surface area contributed by atoms with Crippen molar-refractivity contribution >= 4 is 6.41 Å². The van der Waals surface area contributed by atoms with Gasteiger partial charge >= 0.3 is 0 Å². The molecule has 1 atom stereocenters. The SMILES string of the molecule is C=CCN(C=O)C(C=C)CC. The summed E-state index contributed by atoms with van der Waals surface area (Å²) in [4.78, 5) is 12.2. The number of hydrogen-bond donors (Lipinski definition) is 0. The minimum atomic E-state index is 0.144. The zero-order chi connectivity index (χ0) is 8.69. The molecule has 11 heavy (non-hydrogen) atoms. The van der Waals surface area contributed by atoms with E-state index in [1.54, 1.807) is 17.1 Å². The van der Waals surface area contributed by atoms with E-state index in [9.17, 15) is 4.79 Å². The summed E-state index contributed by atoms with van der Waals surface area (Å²) in [6, 6.07) is 0.144. The molecule has 0 rings (SSSR count). The molecular weight excluding hydrogens is 138 g/mol. The number of carbonyl (C=O) groups excluding carboxylic acids is 1. The van der Waals surface area contributed by atoms with Gasteiger partial charge in [0.1, 0.15) is 0 Å². The van der Waals surface area contributed by atoms with Crippen molar-refractivity contribution < 1.29 is 4.79 Å². The van der Waals surface area contributed by atoms with Gasteiger partial charge in [-0.25, -0.2) is 0 Å². The van der Waals surface area contributed by atoms with Crippen LogP contribution in [-0.2, 0) is 4.79 Å². The maximum atomic E-state index is 10.5. The van der Waals surface area contributed by atoms with Gasteiger partial charge in [-0.15, -0.1) is 13.2 Å². The molecule has 0 aromatic carbocycles. The molecule has 0 aromatic rings. The molecule has 0 radical (unpaired) electrons. The van der Waals surface area contributed by atoms with Crippen LogP contribution in [0.4, 0.5) is 0 Å². The average molecular weight is 153 g/mol. The second-order valence-electron chi connectivity index (χ2n) is 2.30. The van der Waals surface area contributed by atoms with Crippen LogP contribution in [0.5, 0.6) is 0 Å². The van der Waals surface area contributed by atoms with Crippen molar-refractivity contribution in [2.24, 2.45) is 0 Å². The van der Waals surface area contributed by atoms with Gasteiger partial charge < -0.3 is 4.90 Å². The van der Waals surface area contributed by atoms with Gasteiger partial charge in [-0.3, -0.25) is 4.79 Å². The van der Waals surface area contributed by atoms with Crippen molar-refractivity contribution in [3.63, 3.8) is 0 Å². The van der Waals surface area contributed by atoms with Crippen LogP contribution >= 0.6 is 0 Å². The Morgan fingerprint density at radius 1 is 1.55 bits per heavy atom. The van der Waals surface area contributed by atoms with Gasteiger partial charge in [0.2, 0.25) is 6.41 Å². The predicted octanol–water partition coefficient (Wildman–Crippen LogP) is 1.60. The Morgan fingerprint density at radius 3 is 2.45 bits per heavy atom. The summed E-state index contributed by atoms with van der Waals surface area (Å²) >= 11 is 0. The third-order valence-corrected chi connectivity index (χ3v) is 1.59. The van der Waals surface area contributed by atoms with Crippen LogP contribution in [0.1, 0.15) is 13.3 Å². The smallest absolute Gasteiger partial charge is 0.210 e. The first-order valence-electron chi connectivity index (χ1n) is 3.74. The van der Waals surface area contributed by atoms with E-state index in [2.05, 4.69) is 13.2 Å². The molecular formula is C9H15NO. The quantitative estimate of drug-likeness (QED) is 0.419. The van der Waals surface area contributed by atoms with Crippen LogP contribution in [0.3, 0.4) is 0 Å². The second-order valence-corrected chi connectivity index (χ2v) is 2.30. The van der Waals surface area contributed by atoms with Crippen molar-refractivity contribution in [3.8, 4) is 0 Å². The Balaban J connectivity index is 4.06. The summed E-state index contributed by atoms with van der Waals surface area (Å²) in [5, 5.41) is 0. The highest BCUT2D eigenvalue weighted by atomic mass is 16.1.